The lowest BCUT2D eigenvalue weighted by atomic mass is 10.0. The Labute approximate surface area is 89.3 Å². The van der Waals surface area contributed by atoms with Gasteiger partial charge < -0.3 is 5.32 Å². The minimum Gasteiger partial charge on any atom is -0.345 e. The number of benzene rings is 1. The number of nitrogens with zero attached hydrogens (tertiary/aromatic N) is 2. The average Bonchev–Trinajstić information content (AvgIpc) is 2.46. The highest BCUT2D eigenvalue weighted by Gasteiger charge is 2.05. The SMILES string of the molecule is Cc1ccc(C2=NC=NC=CN2)c(C)c1. The third kappa shape index (κ3) is 2.13. The predicted octanol–water partition coefficient (Wildman–Crippen LogP) is 2.15. The third-order valence-electron chi connectivity index (χ3n) is 2.27. The molecule has 0 radical (unpaired) electrons. The van der Waals surface area contributed by atoms with Crippen LogP contribution in [0.3, 0.4) is 0 Å². The van der Waals surface area contributed by atoms with Crippen molar-refractivity contribution in [1.82, 2.24) is 5.32 Å². The number of amidine groups is 1. The minimum atomic E-state index is 0.838. The van der Waals surface area contributed by atoms with Crippen molar-refractivity contribution in [3.8, 4) is 0 Å². The Balaban J connectivity index is 2.41. The molecule has 0 aliphatic carbocycles. The first-order valence-electron chi connectivity index (χ1n) is 4.86. The molecule has 0 saturated heterocycles. The second kappa shape index (κ2) is 4.09. The van der Waals surface area contributed by atoms with Gasteiger partial charge in [-0.2, -0.15) is 0 Å². The molecule has 0 atom stereocenters. The predicted molar refractivity (Wildman–Crippen MR) is 63.2 cm³/mol. The Morgan fingerprint density at radius 1 is 1.20 bits per heavy atom. The van der Waals surface area contributed by atoms with Crippen molar-refractivity contribution in [3.05, 3.63) is 47.3 Å². The fourth-order valence-corrected chi connectivity index (χ4v) is 1.55. The molecule has 1 aliphatic heterocycles. The largest absolute Gasteiger partial charge is 0.345 e. The van der Waals surface area contributed by atoms with Gasteiger partial charge in [-0.25, -0.2) is 9.98 Å². The zero-order valence-electron chi connectivity index (χ0n) is 8.86. The lowest BCUT2D eigenvalue weighted by Crippen LogP contribution is -2.19. The van der Waals surface area contributed by atoms with Crippen LogP contribution in [0, 0.1) is 13.8 Å². The van der Waals surface area contributed by atoms with Crippen LogP contribution in [0.4, 0.5) is 0 Å². The second-order valence-electron chi connectivity index (χ2n) is 3.52. The monoisotopic (exact) mass is 199 g/mol. The third-order valence-corrected chi connectivity index (χ3v) is 2.27. The number of hydrogen-bond acceptors (Lipinski definition) is 3. The molecule has 0 amide bonds. The summed E-state index contributed by atoms with van der Waals surface area (Å²) in [5.41, 5.74) is 3.58. The summed E-state index contributed by atoms with van der Waals surface area (Å²) >= 11 is 0. The number of rotatable bonds is 1. The standard InChI is InChI=1S/C12H13N3/c1-9-3-4-11(10(2)7-9)12-14-6-5-13-8-15-12/h3-8H,1-2H3,(H,13,14,15). The van der Waals surface area contributed by atoms with Gasteiger partial charge in [0.2, 0.25) is 0 Å². The summed E-state index contributed by atoms with van der Waals surface area (Å²) < 4.78 is 0. The maximum absolute atomic E-state index is 4.24. The Morgan fingerprint density at radius 2 is 2.07 bits per heavy atom. The van der Waals surface area contributed by atoms with E-state index in [1.165, 1.54) is 11.1 Å². The summed E-state index contributed by atoms with van der Waals surface area (Å²) in [4.78, 5) is 8.17. The zero-order valence-corrected chi connectivity index (χ0v) is 8.86. The van der Waals surface area contributed by atoms with Crippen LogP contribution in [-0.4, -0.2) is 12.2 Å². The molecule has 1 aromatic carbocycles. The topological polar surface area (TPSA) is 36.8 Å². The lowest BCUT2D eigenvalue weighted by molar-refractivity contribution is 1.24. The van der Waals surface area contributed by atoms with Gasteiger partial charge in [0.15, 0.2) is 0 Å². The van der Waals surface area contributed by atoms with Crippen molar-refractivity contribution in [2.45, 2.75) is 13.8 Å². The Morgan fingerprint density at radius 3 is 2.87 bits per heavy atom. The van der Waals surface area contributed by atoms with E-state index in [9.17, 15) is 0 Å². The van der Waals surface area contributed by atoms with Gasteiger partial charge >= 0.3 is 0 Å². The van der Waals surface area contributed by atoms with E-state index in [0.717, 1.165) is 11.4 Å². The van der Waals surface area contributed by atoms with E-state index in [2.05, 4.69) is 47.3 Å². The zero-order chi connectivity index (χ0) is 10.7. The molecule has 3 heteroatoms. The number of aliphatic imine (C=N–C) groups is 2. The first kappa shape index (κ1) is 9.65. The summed E-state index contributed by atoms with van der Waals surface area (Å²) in [6.45, 7) is 4.17. The van der Waals surface area contributed by atoms with E-state index in [1.807, 2.05) is 0 Å². The highest BCUT2D eigenvalue weighted by molar-refractivity contribution is 6.04. The first-order chi connectivity index (χ1) is 7.27. The Hall–Kier alpha value is -1.90. The maximum atomic E-state index is 4.24. The molecule has 0 bridgehead atoms. The molecule has 1 aliphatic rings. The normalized spacial score (nSPS) is 14.4. The van der Waals surface area contributed by atoms with Crippen LogP contribution in [0.1, 0.15) is 16.7 Å². The summed E-state index contributed by atoms with van der Waals surface area (Å²) in [6, 6.07) is 6.30. The molecule has 2 rings (SSSR count). The molecule has 76 valence electrons. The molecule has 1 N–H and O–H groups in total. The molecular formula is C12H13N3. The highest BCUT2D eigenvalue weighted by atomic mass is 15.0. The van der Waals surface area contributed by atoms with E-state index in [4.69, 9.17) is 0 Å². The smallest absolute Gasteiger partial charge is 0.139 e. The number of hydrogen-bond donors (Lipinski definition) is 1. The molecule has 0 unspecified atom stereocenters. The van der Waals surface area contributed by atoms with Gasteiger partial charge in [0.25, 0.3) is 0 Å². The highest BCUT2D eigenvalue weighted by Crippen LogP contribution is 2.11. The van der Waals surface area contributed by atoms with Gasteiger partial charge in [-0.15, -0.1) is 0 Å². The van der Waals surface area contributed by atoms with E-state index in [1.54, 1.807) is 18.7 Å². The van der Waals surface area contributed by atoms with Gasteiger partial charge in [-0.1, -0.05) is 23.8 Å². The van der Waals surface area contributed by atoms with Gasteiger partial charge in [0, 0.05) is 18.0 Å². The van der Waals surface area contributed by atoms with Crippen LogP contribution in [0.15, 0.2) is 40.6 Å². The van der Waals surface area contributed by atoms with Crippen LogP contribution in [0.5, 0.6) is 0 Å². The van der Waals surface area contributed by atoms with Crippen LogP contribution in [-0.2, 0) is 0 Å². The molecular weight excluding hydrogens is 186 g/mol. The van der Waals surface area contributed by atoms with Gasteiger partial charge in [-0.05, 0) is 19.4 Å². The lowest BCUT2D eigenvalue weighted by Gasteiger charge is -2.08. The fraction of sp³-hybridized carbons (Fsp3) is 0.167. The Bertz CT molecular complexity index is 456. The molecule has 1 heterocycles. The molecule has 1 aromatic rings. The summed E-state index contributed by atoms with van der Waals surface area (Å²) in [7, 11) is 0. The second-order valence-corrected chi connectivity index (χ2v) is 3.52. The van der Waals surface area contributed by atoms with Crippen LogP contribution in [0.25, 0.3) is 0 Å². The number of nitrogens with one attached hydrogen (secondary N) is 1. The fourth-order valence-electron chi connectivity index (χ4n) is 1.55. The van der Waals surface area contributed by atoms with E-state index >= 15 is 0 Å². The molecule has 0 fully saturated rings. The van der Waals surface area contributed by atoms with Crippen molar-refractivity contribution >= 4 is 12.2 Å². The maximum Gasteiger partial charge on any atom is 0.139 e. The van der Waals surface area contributed by atoms with Crippen molar-refractivity contribution in [3.63, 3.8) is 0 Å². The van der Waals surface area contributed by atoms with Crippen molar-refractivity contribution in [2.24, 2.45) is 9.98 Å². The van der Waals surface area contributed by atoms with E-state index in [-0.39, 0.29) is 0 Å². The quantitative estimate of drug-likeness (QED) is 0.739. The van der Waals surface area contributed by atoms with Crippen molar-refractivity contribution in [1.29, 1.82) is 0 Å². The van der Waals surface area contributed by atoms with Crippen molar-refractivity contribution in [2.75, 3.05) is 0 Å². The number of aryl methyl sites for hydroxylation is 2. The van der Waals surface area contributed by atoms with Gasteiger partial charge in [0.1, 0.15) is 12.2 Å². The minimum absolute atomic E-state index is 0.838. The van der Waals surface area contributed by atoms with Crippen molar-refractivity contribution < 1.29 is 0 Å². The van der Waals surface area contributed by atoms with Gasteiger partial charge in [0.05, 0.1) is 0 Å². The van der Waals surface area contributed by atoms with Gasteiger partial charge in [-0.3, -0.25) is 0 Å². The molecule has 0 aromatic heterocycles. The molecule has 15 heavy (non-hydrogen) atoms. The van der Waals surface area contributed by atoms with E-state index < -0.39 is 0 Å². The van der Waals surface area contributed by atoms with Crippen LogP contribution in [0.2, 0.25) is 0 Å². The van der Waals surface area contributed by atoms with Crippen LogP contribution >= 0.6 is 0 Å². The summed E-state index contributed by atoms with van der Waals surface area (Å²) in [5, 5.41) is 3.10. The molecule has 0 spiro atoms. The average molecular weight is 199 g/mol. The first-order valence-corrected chi connectivity index (χ1v) is 4.86. The van der Waals surface area contributed by atoms with E-state index in [0.29, 0.717) is 0 Å². The molecule has 0 saturated carbocycles. The summed E-state index contributed by atoms with van der Waals surface area (Å²) in [5.74, 6) is 0.838. The van der Waals surface area contributed by atoms with Crippen LogP contribution < -0.4 is 5.32 Å². The Kier molecular flexibility index (Phi) is 2.63. The summed E-state index contributed by atoms with van der Waals surface area (Å²) in [6.07, 6.45) is 5.01. The molecule has 3 nitrogen and oxygen atoms in total.